The topological polar surface area (TPSA) is 88.4 Å². The van der Waals surface area contributed by atoms with Crippen LogP contribution < -0.4 is 10.6 Å². The number of amides is 2. The number of hydrogen-bond acceptors (Lipinski definition) is 5. The predicted molar refractivity (Wildman–Crippen MR) is 116 cm³/mol. The van der Waals surface area contributed by atoms with Gasteiger partial charge in [-0.25, -0.2) is 8.91 Å². The Kier molecular flexibility index (Phi) is 6.24. The van der Waals surface area contributed by atoms with Crippen molar-refractivity contribution in [3.8, 4) is 11.4 Å². The van der Waals surface area contributed by atoms with Crippen molar-refractivity contribution in [3.63, 3.8) is 0 Å². The van der Waals surface area contributed by atoms with Gasteiger partial charge in [-0.15, -0.1) is 16.4 Å². The Morgan fingerprint density at radius 2 is 1.81 bits per heavy atom. The first-order valence-electron chi connectivity index (χ1n) is 9.40. The number of aromatic nitrogens is 3. The number of fused-ring (bicyclic) bond motifs is 1. The first kappa shape index (κ1) is 21.0. The molecule has 0 aliphatic carbocycles. The second kappa shape index (κ2) is 9.23. The number of benzene rings is 2. The van der Waals surface area contributed by atoms with Gasteiger partial charge in [-0.2, -0.15) is 4.98 Å². The number of nitrogens with one attached hydrogen (secondary N) is 2. The Morgan fingerprint density at radius 1 is 1.06 bits per heavy atom. The third-order valence-electron chi connectivity index (χ3n) is 4.53. The Hall–Kier alpha value is -3.30. The SMILES string of the molecule is O=C(NCCc1csc2nc(-c3ccccc3F)nn12)C(=O)NCc1ccccc1Cl. The Labute approximate surface area is 185 Å². The third kappa shape index (κ3) is 4.73. The molecular formula is C21H17ClFN5O2S. The monoisotopic (exact) mass is 457 g/mol. The lowest BCUT2D eigenvalue weighted by molar-refractivity contribution is -0.139. The van der Waals surface area contributed by atoms with E-state index in [0.717, 1.165) is 11.3 Å². The van der Waals surface area contributed by atoms with Gasteiger partial charge in [0.15, 0.2) is 5.82 Å². The highest BCUT2D eigenvalue weighted by atomic mass is 35.5. The molecule has 0 fully saturated rings. The quantitative estimate of drug-likeness (QED) is 0.435. The summed E-state index contributed by atoms with van der Waals surface area (Å²) in [6.45, 7) is 0.397. The van der Waals surface area contributed by atoms with Crippen LogP contribution in [0.1, 0.15) is 11.3 Å². The summed E-state index contributed by atoms with van der Waals surface area (Å²) in [5.74, 6) is -1.56. The van der Waals surface area contributed by atoms with E-state index in [2.05, 4.69) is 20.7 Å². The first-order chi connectivity index (χ1) is 15.0. The van der Waals surface area contributed by atoms with Gasteiger partial charge >= 0.3 is 11.8 Å². The van der Waals surface area contributed by atoms with Crippen molar-refractivity contribution < 1.29 is 14.0 Å². The van der Waals surface area contributed by atoms with Gasteiger partial charge in [0.05, 0.1) is 11.3 Å². The van der Waals surface area contributed by atoms with E-state index in [1.165, 1.54) is 17.4 Å². The van der Waals surface area contributed by atoms with Crippen LogP contribution in [-0.2, 0) is 22.6 Å². The fourth-order valence-electron chi connectivity index (χ4n) is 2.94. The molecule has 2 aromatic heterocycles. The highest BCUT2D eigenvalue weighted by Gasteiger charge is 2.16. The van der Waals surface area contributed by atoms with E-state index in [9.17, 15) is 14.0 Å². The molecule has 0 unspecified atom stereocenters. The normalized spacial score (nSPS) is 10.9. The molecule has 0 saturated heterocycles. The summed E-state index contributed by atoms with van der Waals surface area (Å²) >= 11 is 7.41. The van der Waals surface area contributed by atoms with Gasteiger partial charge in [0.1, 0.15) is 5.82 Å². The molecule has 2 amide bonds. The maximum absolute atomic E-state index is 14.0. The zero-order valence-corrected chi connectivity index (χ0v) is 17.7. The van der Waals surface area contributed by atoms with Gasteiger partial charge in [0.2, 0.25) is 4.96 Å². The predicted octanol–water partition coefficient (Wildman–Crippen LogP) is 3.23. The minimum absolute atomic E-state index is 0.162. The molecule has 0 atom stereocenters. The van der Waals surface area contributed by atoms with E-state index in [-0.39, 0.29) is 13.1 Å². The summed E-state index contributed by atoms with van der Waals surface area (Å²) < 4.78 is 15.6. The molecule has 4 aromatic rings. The van der Waals surface area contributed by atoms with Crippen LogP contribution in [0.3, 0.4) is 0 Å². The molecule has 2 heterocycles. The van der Waals surface area contributed by atoms with E-state index < -0.39 is 17.6 Å². The van der Waals surface area contributed by atoms with E-state index in [0.29, 0.717) is 27.8 Å². The summed E-state index contributed by atoms with van der Waals surface area (Å²) in [7, 11) is 0. The Bertz CT molecular complexity index is 1260. The van der Waals surface area contributed by atoms with Gasteiger partial charge in [-0.05, 0) is 23.8 Å². The summed E-state index contributed by atoms with van der Waals surface area (Å²) in [4.78, 5) is 29.0. The van der Waals surface area contributed by atoms with Crippen molar-refractivity contribution in [3.05, 3.63) is 76.0 Å². The van der Waals surface area contributed by atoms with Crippen LogP contribution in [0.2, 0.25) is 5.02 Å². The molecule has 31 heavy (non-hydrogen) atoms. The molecule has 0 bridgehead atoms. The third-order valence-corrected chi connectivity index (χ3v) is 5.77. The van der Waals surface area contributed by atoms with Crippen LogP contribution in [0.25, 0.3) is 16.3 Å². The van der Waals surface area contributed by atoms with Gasteiger partial charge in [0.25, 0.3) is 0 Å². The number of hydrogen-bond donors (Lipinski definition) is 2. The van der Waals surface area contributed by atoms with E-state index >= 15 is 0 Å². The molecule has 0 radical (unpaired) electrons. The Balaban J connectivity index is 1.33. The molecule has 2 aromatic carbocycles. The molecule has 0 saturated carbocycles. The van der Waals surface area contributed by atoms with E-state index in [1.807, 2.05) is 5.38 Å². The van der Waals surface area contributed by atoms with E-state index in [1.54, 1.807) is 47.0 Å². The largest absolute Gasteiger partial charge is 0.347 e. The van der Waals surface area contributed by atoms with Gasteiger partial charge in [0, 0.05) is 29.9 Å². The fraction of sp³-hybridized carbons (Fsp3) is 0.143. The van der Waals surface area contributed by atoms with Crippen molar-refractivity contribution in [2.24, 2.45) is 0 Å². The molecule has 158 valence electrons. The molecule has 0 spiro atoms. The summed E-state index contributed by atoms with van der Waals surface area (Å²) in [5, 5.41) is 11.9. The minimum atomic E-state index is -0.738. The molecular weight excluding hydrogens is 441 g/mol. The van der Waals surface area contributed by atoms with Crippen LogP contribution in [0, 0.1) is 5.82 Å². The van der Waals surface area contributed by atoms with Gasteiger partial charge in [-0.3, -0.25) is 9.59 Å². The standard InChI is InChI=1S/C21H17ClFN5O2S/c22-16-7-3-1-5-13(16)11-25-20(30)19(29)24-10-9-14-12-31-21-26-18(27-28(14)21)15-6-2-4-8-17(15)23/h1-8,12H,9-11H2,(H,24,29)(H,25,30). The molecule has 2 N–H and O–H groups in total. The van der Waals surface area contributed by atoms with Crippen LogP contribution in [0.15, 0.2) is 53.9 Å². The molecule has 0 aliphatic rings. The second-order valence-corrected chi connectivity index (χ2v) is 7.86. The molecule has 10 heteroatoms. The number of carbonyl (C=O) groups is 2. The number of nitrogens with zero attached hydrogens (tertiary/aromatic N) is 3. The highest BCUT2D eigenvalue weighted by Crippen LogP contribution is 2.23. The van der Waals surface area contributed by atoms with Crippen molar-refractivity contribution >= 4 is 39.7 Å². The summed E-state index contributed by atoms with van der Waals surface area (Å²) in [6.07, 6.45) is 0.434. The van der Waals surface area contributed by atoms with Crippen LogP contribution >= 0.6 is 22.9 Å². The first-order valence-corrected chi connectivity index (χ1v) is 10.7. The number of halogens is 2. The number of rotatable bonds is 6. The van der Waals surface area contributed by atoms with Crippen molar-refractivity contribution in [2.75, 3.05) is 6.54 Å². The second-order valence-electron chi connectivity index (χ2n) is 6.62. The fourth-order valence-corrected chi connectivity index (χ4v) is 3.99. The van der Waals surface area contributed by atoms with Crippen LogP contribution in [0.5, 0.6) is 0 Å². The van der Waals surface area contributed by atoms with Gasteiger partial charge in [-0.1, -0.05) is 41.9 Å². The number of thiazole rings is 1. The summed E-state index contributed by atoms with van der Waals surface area (Å²) in [5.41, 5.74) is 1.85. The smallest absolute Gasteiger partial charge is 0.309 e. The van der Waals surface area contributed by atoms with Crippen molar-refractivity contribution in [1.29, 1.82) is 0 Å². The Morgan fingerprint density at radius 3 is 2.61 bits per heavy atom. The average molecular weight is 458 g/mol. The molecule has 0 aliphatic heterocycles. The minimum Gasteiger partial charge on any atom is -0.347 e. The zero-order valence-electron chi connectivity index (χ0n) is 16.1. The molecule has 7 nitrogen and oxygen atoms in total. The maximum atomic E-state index is 14.0. The maximum Gasteiger partial charge on any atom is 0.309 e. The average Bonchev–Trinajstić information content (AvgIpc) is 3.35. The zero-order chi connectivity index (χ0) is 21.8. The van der Waals surface area contributed by atoms with E-state index in [4.69, 9.17) is 11.6 Å². The number of carbonyl (C=O) groups excluding carboxylic acids is 2. The lowest BCUT2D eigenvalue weighted by Crippen LogP contribution is -2.40. The highest BCUT2D eigenvalue weighted by molar-refractivity contribution is 7.15. The summed E-state index contributed by atoms with van der Waals surface area (Å²) in [6, 6.07) is 13.4. The van der Waals surface area contributed by atoms with Crippen molar-refractivity contribution in [1.82, 2.24) is 25.2 Å². The van der Waals surface area contributed by atoms with Crippen LogP contribution in [-0.4, -0.2) is 33.0 Å². The van der Waals surface area contributed by atoms with Crippen molar-refractivity contribution in [2.45, 2.75) is 13.0 Å². The van der Waals surface area contributed by atoms with Crippen LogP contribution in [0.4, 0.5) is 4.39 Å². The lowest BCUT2D eigenvalue weighted by atomic mass is 10.2. The van der Waals surface area contributed by atoms with Gasteiger partial charge < -0.3 is 10.6 Å². The molecule has 4 rings (SSSR count). The lowest BCUT2D eigenvalue weighted by Gasteiger charge is -2.07.